The second kappa shape index (κ2) is 6.25. The Morgan fingerprint density at radius 2 is 1.90 bits per heavy atom. The maximum absolute atomic E-state index is 13.1. The van der Waals surface area contributed by atoms with E-state index in [4.69, 9.17) is 5.73 Å². The highest BCUT2D eigenvalue weighted by molar-refractivity contribution is 5.83. The van der Waals surface area contributed by atoms with E-state index in [0.29, 0.717) is 24.4 Å². The van der Waals surface area contributed by atoms with E-state index >= 15 is 0 Å². The van der Waals surface area contributed by atoms with Crippen LogP contribution in [0.3, 0.4) is 0 Å². The normalized spacial score (nSPS) is 33.5. The monoisotopic (exact) mass is 293 g/mol. The van der Waals surface area contributed by atoms with E-state index < -0.39 is 0 Å². The first kappa shape index (κ1) is 15.3. The van der Waals surface area contributed by atoms with Crippen LogP contribution in [0.15, 0.2) is 0 Å². The van der Waals surface area contributed by atoms with Crippen molar-refractivity contribution in [3.05, 3.63) is 0 Å². The van der Waals surface area contributed by atoms with Gasteiger partial charge in [0.05, 0.1) is 5.41 Å². The van der Waals surface area contributed by atoms with Gasteiger partial charge < -0.3 is 15.5 Å². The van der Waals surface area contributed by atoms with Crippen molar-refractivity contribution in [2.24, 2.45) is 17.1 Å². The van der Waals surface area contributed by atoms with Gasteiger partial charge >= 0.3 is 0 Å². The van der Waals surface area contributed by atoms with Gasteiger partial charge in [-0.2, -0.15) is 0 Å². The Kier molecular flexibility index (Phi) is 4.55. The Bertz CT molecular complexity index is 378. The first-order valence-corrected chi connectivity index (χ1v) is 8.86. The summed E-state index contributed by atoms with van der Waals surface area (Å²) in [5.74, 6) is 1.05. The molecule has 2 aliphatic heterocycles. The third kappa shape index (κ3) is 2.85. The molecule has 4 heteroatoms. The Labute approximate surface area is 129 Å². The van der Waals surface area contributed by atoms with Crippen LogP contribution in [0.25, 0.3) is 0 Å². The van der Waals surface area contributed by atoms with Gasteiger partial charge in [0.2, 0.25) is 5.91 Å². The molecule has 0 spiro atoms. The smallest absolute Gasteiger partial charge is 0.230 e. The molecule has 120 valence electrons. The maximum atomic E-state index is 13.1. The predicted octanol–water partition coefficient (Wildman–Crippen LogP) is 1.84. The molecular weight excluding hydrogens is 262 g/mol. The molecule has 2 atom stereocenters. The molecule has 2 unspecified atom stereocenters. The number of carbonyl (C=O) groups is 1. The van der Waals surface area contributed by atoms with E-state index in [1.54, 1.807) is 0 Å². The highest BCUT2D eigenvalue weighted by Crippen LogP contribution is 2.39. The molecule has 3 fully saturated rings. The van der Waals surface area contributed by atoms with Crippen LogP contribution in [-0.4, -0.2) is 55.0 Å². The molecule has 3 rings (SSSR count). The van der Waals surface area contributed by atoms with Crippen molar-refractivity contribution in [3.8, 4) is 0 Å². The summed E-state index contributed by atoms with van der Waals surface area (Å²) < 4.78 is 0. The Balaban J connectivity index is 1.68. The Morgan fingerprint density at radius 1 is 1.14 bits per heavy atom. The predicted molar refractivity (Wildman–Crippen MR) is 84.9 cm³/mol. The van der Waals surface area contributed by atoms with E-state index in [1.165, 1.54) is 38.6 Å². The van der Waals surface area contributed by atoms with E-state index in [-0.39, 0.29) is 5.41 Å². The summed E-state index contributed by atoms with van der Waals surface area (Å²) >= 11 is 0. The lowest BCUT2D eigenvalue weighted by Crippen LogP contribution is -2.57. The standard InChI is InChI=1S/C17H31N3O/c1-19-10-5-6-14-12-20(11-7-15(14)19)16(21)17(13-18)8-3-2-4-9-17/h14-15H,2-13,18H2,1H3. The van der Waals surface area contributed by atoms with Gasteiger partial charge in [-0.3, -0.25) is 4.79 Å². The lowest BCUT2D eigenvalue weighted by Gasteiger charge is -2.48. The number of rotatable bonds is 2. The summed E-state index contributed by atoms with van der Waals surface area (Å²) in [5, 5.41) is 0. The Hall–Kier alpha value is -0.610. The molecule has 1 saturated carbocycles. The van der Waals surface area contributed by atoms with Gasteiger partial charge in [-0.05, 0) is 51.6 Å². The fourth-order valence-electron chi connectivity index (χ4n) is 4.91. The topological polar surface area (TPSA) is 49.6 Å². The molecule has 2 N–H and O–H groups in total. The van der Waals surface area contributed by atoms with Crippen LogP contribution in [-0.2, 0) is 4.79 Å². The molecule has 2 heterocycles. The first-order chi connectivity index (χ1) is 10.2. The van der Waals surface area contributed by atoms with Crippen LogP contribution < -0.4 is 5.73 Å². The summed E-state index contributed by atoms with van der Waals surface area (Å²) in [7, 11) is 2.25. The van der Waals surface area contributed by atoms with Gasteiger partial charge in [0.25, 0.3) is 0 Å². The third-order valence-corrected chi connectivity index (χ3v) is 6.29. The fraction of sp³-hybridized carbons (Fsp3) is 0.941. The van der Waals surface area contributed by atoms with Crippen molar-refractivity contribution >= 4 is 5.91 Å². The van der Waals surface area contributed by atoms with Crippen molar-refractivity contribution < 1.29 is 4.79 Å². The summed E-state index contributed by atoms with van der Waals surface area (Å²) in [6.45, 7) is 3.67. The van der Waals surface area contributed by atoms with Crippen LogP contribution in [0.1, 0.15) is 51.4 Å². The number of hydrogen-bond acceptors (Lipinski definition) is 3. The van der Waals surface area contributed by atoms with Crippen molar-refractivity contribution in [2.45, 2.75) is 57.4 Å². The number of amides is 1. The fourth-order valence-corrected chi connectivity index (χ4v) is 4.91. The quantitative estimate of drug-likeness (QED) is 0.845. The average Bonchev–Trinajstić information content (AvgIpc) is 2.54. The minimum atomic E-state index is -0.231. The van der Waals surface area contributed by atoms with Gasteiger partial charge in [0.1, 0.15) is 0 Å². The maximum Gasteiger partial charge on any atom is 0.230 e. The largest absolute Gasteiger partial charge is 0.342 e. The summed E-state index contributed by atoms with van der Waals surface area (Å²) in [4.78, 5) is 17.8. The van der Waals surface area contributed by atoms with Crippen LogP contribution in [0.4, 0.5) is 0 Å². The third-order valence-electron chi connectivity index (χ3n) is 6.29. The van der Waals surface area contributed by atoms with Gasteiger partial charge in [-0.15, -0.1) is 0 Å². The molecule has 0 aromatic carbocycles. The van der Waals surface area contributed by atoms with E-state index in [1.807, 2.05) is 0 Å². The summed E-state index contributed by atoms with van der Waals surface area (Å²) in [6, 6.07) is 0.697. The van der Waals surface area contributed by atoms with E-state index in [2.05, 4.69) is 16.8 Å². The number of likely N-dealkylation sites (tertiary alicyclic amines) is 2. The minimum Gasteiger partial charge on any atom is -0.342 e. The number of hydrogen-bond donors (Lipinski definition) is 1. The van der Waals surface area contributed by atoms with Gasteiger partial charge in [0.15, 0.2) is 0 Å². The van der Waals surface area contributed by atoms with E-state index in [9.17, 15) is 4.79 Å². The molecule has 1 amide bonds. The number of nitrogens with two attached hydrogens (primary N) is 1. The van der Waals surface area contributed by atoms with Crippen LogP contribution in [0.5, 0.6) is 0 Å². The Morgan fingerprint density at radius 3 is 2.62 bits per heavy atom. The van der Waals surface area contributed by atoms with Crippen molar-refractivity contribution in [2.75, 3.05) is 33.2 Å². The number of nitrogens with zero attached hydrogens (tertiary/aromatic N) is 2. The summed E-state index contributed by atoms with van der Waals surface area (Å²) in [6.07, 6.45) is 9.34. The zero-order valence-corrected chi connectivity index (χ0v) is 13.5. The first-order valence-electron chi connectivity index (χ1n) is 8.86. The van der Waals surface area contributed by atoms with Crippen LogP contribution >= 0.6 is 0 Å². The summed E-state index contributed by atoms with van der Waals surface area (Å²) in [5.41, 5.74) is 5.81. The highest BCUT2D eigenvalue weighted by atomic mass is 16.2. The number of fused-ring (bicyclic) bond motifs is 1. The van der Waals surface area contributed by atoms with Crippen molar-refractivity contribution in [3.63, 3.8) is 0 Å². The minimum absolute atomic E-state index is 0.231. The molecule has 0 aromatic heterocycles. The lowest BCUT2D eigenvalue weighted by molar-refractivity contribution is -0.147. The molecule has 0 aromatic rings. The average molecular weight is 293 g/mol. The molecule has 1 aliphatic carbocycles. The zero-order valence-electron chi connectivity index (χ0n) is 13.5. The van der Waals surface area contributed by atoms with E-state index in [0.717, 1.165) is 32.4 Å². The van der Waals surface area contributed by atoms with Gasteiger partial charge in [0, 0.05) is 25.7 Å². The molecule has 0 radical (unpaired) electrons. The number of carbonyl (C=O) groups excluding carboxylic acids is 1. The second-order valence-corrected chi connectivity index (χ2v) is 7.54. The molecule has 21 heavy (non-hydrogen) atoms. The van der Waals surface area contributed by atoms with Crippen molar-refractivity contribution in [1.82, 2.24) is 9.80 Å². The van der Waals surface area contributed by atoms with Crippen LogP contribution in [0, 0.1) is 11.3 Å². The molecule has 3 aliphatic rings. The molecule has 4 nitrogen and oxygen atoms in total. The van der Waals surface area contributed by atoms with Gasteiger partial charge in [-0.1, -0.05) is 19.3 Å². The van der Waals surface area contributed by atoms with Gasteiger partial charge in [-0.25, -0.2) is 0 Å². The van der Waals surface area contributed by atoms with Crippen LogP contribution in [0.2, 0.25) is 0 Å². The molecule has 2 saturated heterocycles. The highest BCUT2D eigenvalue weighted by Gasteiger charge is 2.44. The molecule has 0 bridgehead atoms. The second-order valence-electron chi connectivity index (χ2n) is 7.54. The molecular formula is C17H31N3O. The lowest BCUT2D eigenvalue weighted by atomic mass is 9.72. The van der Waals surface area contributed by atoms with Crippen molar-refractivity contribution in [1.29, 1.82) is 0 Å². The SMILES string of the molecule is CN1CCCC2CN(C(=O)C3(CN)CCCCC3)CCC21. The zero-order chi connectivity index (χ0) is 14.9. The number of piperidine rings is 2.